The molecule has 13 heavy (non-hydrogen) atoms. The highest BCUT2D eigenvalue weighted by Crippen LogP contribution is 2.12. The van der Waals surface area contributed by atoms with Crippen LogP contribution in [0.5, 0.6) is 0 Å². The topological polar surface area (TPSA) is 7.68 Å². The fourth-order valence-electron chi connectivity index (χ4n) is 2.83. The standard InChI is InChI=1S/C11H22N2/c1-12-7-5-6-11(12)10-13-8-3-2-4-9-13/h11H,2-10H2,1H3/p+1/t11-/m1/s1. The first-order valence-corrected chi connectivity index (χ1v) is 5.90. The maximum Gasteiger partial charge on any atom is 0.0928 e. The first-order valence-electron chi connectivity index (χ1n) is 5.90. The Bertz CT molecular complexity index is 152. The molecule has 0 aromatic carbocycles. The SMILES string of the molecule is CN1CCC[C@@H]1C[NH+]1CCCCC1. The summed E-state index contributed by atoms with van der Waals surface area (Å²) in [4.78, 5) is 4.42. The maximum absolute atomic E-state index is 2.56. The summed E-state index contributed by atoms with van der Waals surface area (Å²) in [6, 6.07) is 0.896. The lowest BCUT2D eigenvalue weighted by molar-refractivity contribution is -0.906. The van der Waals surface area contributed by atoms with Crippen LogP contribution in [-0.2, 0) is 0 Å². The quantitative estimate of drug-likeness (QED) is 0.640. The van der Waals surface area contributed by atoms with Gasteiger partial charge in [-0.2, -0.15) is 0 Å². The van der Waals surface area contributed by atoms with Crippen molar-refractivity contribution in [3.05, 3.63) is 0 Å². The van der Waals surface area contributed by atoms with Crippen LogP contribution in [0.15, 0.2) is 0 Å². The summed E-state index contributed by atoms with van der Waals surface area (Å²) < 4.78 is 0. The molecular weight excluding hydrogens is 160 g/mol. The van der Waals surface area contributed by atoms with E-state index in [0.29, 0.717) is 0 Å². The van der Waals surface area contributed by atoms with Crippen molar-refractivity contribution in [2.75, 3.05) is 33.2 Å². The Morgan fingerprint density at radius 2 is 1.92 bits per heavy atom. The van der Waals surface area contributed by atoms with Gasteiger partial charge in [0.15, 0.2) is 0 Å². The first-order chi connectivity index (χ1) is 6.36. The molecule has 0 aromatic rings. The van der Waals surface area contributed by atoms with E-state index in [1.807, 2.05) is 4.90 Å². The Hall–Kier alpha value is -0.0800. The zero-order valence-corrected chi connectivity index (χ0v) is 8.89. The largest absolute Gasteiger partial charge is 0.334 e. The van der Waals surface area contributed by atoms with Gasteiger partial charge >= 0.3 is 0 Å². The van der Waals surface area contributed by atoms with Gasteiger partial charge in [0.05, 0.1) is 25.7 Å². The van der Waals surface area contributed by atoms with Crippen molar-refractivity contribution in [2.45, 2.75) is 38.1 Å². The number of nitrogens with one attached hydrogen (secondary N) is 1. The van der Waals surface area contributed by atoms with E-state index in [1.165, 1.54) is 58.3 Å². The molecule has 0 spiro atoms. The first kappa shape index (κ1) is 9.47. The van der Waals surface area contributed by atoms with Crippen LogP contribution in [0.2, 0.25) is 0 Å². The highest BCUT2D eigenvalue weighted by atomic mass is 15.2. The van der Waals surface area contributed by atoms with Gasteiger partial charge in [-0.3, -0.25) is 4.90 Å². The van der Waals surface area contributed by atoms with Crippen LogP contribution < -0.4 is 4.90 Å². The highest BCUT2D eigenvalue weighted by molar-refractivity contribution is 4.75. The summed E-state index contributed by atoms with van der Waals surface area (Å²) in [5, 5.41) is 0. The minimum Gasteiger partial charge on any atom is -0.334 e. The molecule has 0 aromatic heterocycles. The lowest BCUT2D eigenvalue weighted by Crippen LogP contribution is -3.14. The van der Waals surface area contributed by atoms with E-state index in [2.05, 4.69) is 11.9 Å². The zero-order valence-electron chi connectivity index (χ0n) is 8.89. The molecule has 2 aliphatic heterocycles. The van der Waals surface area contributed by atoms with Gasteiger partial charge in [0.25, 0.3) is 0 Å². The summed E-state index contributed by atoms with van der Waals surface area (Å²) in [6.45, 7) is 5.61. The normalized spacial score (nSPS) is 32.5. The van der Waals surface area contributed by atoms with Crippen molar-refractivity contribution >= 4 is 0 Å². The number of hydrogen-bond acceptors (Lipinski definition) is 1. The highest BCUT2D eigenvalue weighted by Gasteiger charge is 2.26. The molecule has 0 aliphatic carbocycles. The van der Waals surface area contributed by atoms with Crippen molar-refractivity contribution in [1.29, 1.82) is 0 Å². The summed E-state index contributed by atoms with van der Waals surface area (Å²) in [5.41, 5.74) is 0. The van der Waals surface area contributed by atoms with Crippen molar-refractivity contribution in [2.24, 2.45) is 0 Å². The molecule has 76 valence electrons. The van der Waals surface area contributed by atoms with Gasteiger partial charge in [-0.05, 0) is 45.7 Å². The summed E-state index contributed by atoms with van der Waals surface area (Å²) in [7, 11) is 2.29. The second-order valence-electron chi connectivity index (χ2n) is 4.79. The fourth-order valence-corrected chi connectivity index (χ4v) is 2.83. The van der Waals surface area contributed by atoms with Crippen LogP contribution in [0.4, 0.5) is 0 Å². The van der Waals surface area contributed by atoms with Gasteiger partial charge in [0, 0.05) is 0 Å². The number of likely N-dealkylation sites (N-methyl/N-ethyl adjacent to an activating group) is 1. The Kier molecular flexibility index (Phi) is 3.23. The molecule has 2 rings (SSSR count). The Balaban J connectivity index is 1.75. The lowest BCUT2D eigenvalue weighted by atomic mass is 10.1. The predicted molar refractivity (Wildman–Crippen MR) is 55.1 cm³/mol. The van der Waals surface area contributed by atoms with Crippen LogP contribution in [0, 0.1) is 0 Å². The Morgan fingerprint density at radius 3 is 2.54 bits per heavy atom. The van der Waals surface area contributed by atoms with E-state index < -0.39 is 0 Å². The number of hydrogen-bond donors (Lipinski definition) is 1. The molecule has 0 radical (unpaired) electrons. The minimum absolute atomic E-state index is 0.896. The van der Waals surface area contributed by atoms with Crippen LogP contribution in [-0.4, -0.2) is 44.2 Å². The minimum atomic E-state index is 0.896. The number of quaternary nitrogens is 1. The molecule has 1 N–H and O–H groups in total. The summed E-state index contributed by atoms with van der Waals surface area (Å²) >= 11 is 0. The number of likely N-dealkylation sites (tertiary alicyclic amines) is 2. The average Bonchev–Trinajstić information content (AvgIpc) is 2.54. The third-order valence-electron chi connectivity index (χ3n) is 3.76. The second kappa shape index (κ2) is 4.43. The average molecular weight is 183 g/mol. The van der Waals surface area contributed by atoms with E-state index in [0.717, 1.165) is 6.04 Å². The van der Waals surface area contributed by atoms with Gasteiger partial charge < -0.3 is 4.90 Å². The molecule has 2 aliphatic rings. The van der Waals surface area contributed by atoms with Crippen LogP contribution >= 0.6 is 0 Å². The summed E-state index contributed by atoms with van der Waals surface area (Å²) in [6.07, 6.45) is 7.27. The van der Waals surface area contributed by atoms with Crippen LogP contribution in [0.3, 0.4) is 0 Å². The predicted octanol–water partition coefficient (Wildman–Crippen LogP) is 0.149. The van der Waals surface area contributed by atoms with E-state index in [9.17, 15) is 0 Å². The molecule has 2 heterocycles. The van der Waals surface area contributed by atoms with Gasteiger partial charge in [-0.1, -0.05) is 0 Å². The van der Waals surface area contributed by atoms with Gasteiger partial charge in [0.2, 0.25) is 0 Å². The molecule has 2 heteroatoms. The van der Waals surface area contributed by atoms with Crippen molar-refractivity contribution in [3.8, 4) is 0 Å². The van der Waals surface area contributed by atoms with Crippen LogP contribution in [0.1, 0.15) is 32.1 Å². The molecular formula is C11H23N2+. The Labute approximate surface area is 81.9 Å². The fraction of sp³-hybridized carbons (Fsp3) is 1.00. The lowest BCUT2D eigenvalue weighted by Gasteiger charge is -2.28. The van der Waals surface area contributed by atoms with E-state index in [-0.39, 0.29) is 0 Å². The molecule has 2 nitrogen and oxygen atoms in total. The molecule has 0 saturated carbocycles. The smallest absolute Gasteiger partial charge is 0.0928 e. The number of rotatable bonds is 2. The summed E-state index contributed by atoms with van der Waals surface area (Å²) in [5.74, 6) is 0. The van der Waals surface area contributed by atoms with E-state index >= 15 is 0 Å². The second-order valence-corrected chi connectivity index (χ2v) is 4.79. The van der Waals surface area contributed by atoms with Gasteiger partial charge in [-0.15, -0.1) is 0 Å². The monoisotopic (exact) mass is 183 g/mol. The van der Waals surface area contributed by atoms with Gasteiger partial charge in [-0.25, -0.2) is 0 Å². The van der Waals surface area contributed by atoms with Crippen molar-refractivity contribution in [3.63, 3.8) is 0 Å². The van der Waals surface area contributed by atoms with Crippen molar-refractivity contribution < 1.29 is 4.90 Å². The van der Waals surface area contributed by atoms with E-state index in [4.69, 9.17) is 0 Å². The Morgan fingerprint density at radius 1 is 1.15 bits per heavy atom. The van der Waals surface area contributed by atoms with Crippen LogP contribution in [0.25, 0.3) is 0 Å². The molecule has 0 bridgehead atoms. The van der Waals surface area contributed by atoms with Crippen molar-refractivity contribution in [1.82, 2.24) is 4.90 Å². The molecule has 0 amide bonds. The third kappa shape index (κ3) is 2.44. The zero-order chi connectivity index (χ0) is 9.10. The molecule has 2 fully saturated rings. The molecule has 2 saturated heterocycles. The molecule has 0 unspecified atom stereocenters. The van der Waals surface area contributed by atoms with Gasteiger partial charge in [0.1, 0.15) is 0 Å². The third-order valence-corrected chi connectivity index (χ3v) is 3.76. The van der Waals surface area contributed by atoms with E-state index in [1.54, 1.807) is 0 Å². The maximum atomic E-state index is 2.56. The number of piperidine rings is 1. The molecule has 1 atom stereocenters. The number of nitrogens with zero attached hydrogens (tertiary/aromatic N) is 1.